The van der Waals surface area contributed by atoms with Gasteiger partial charge in [0.05, 0.1) is 37.4 Å². The second-order valence-electron chi connectivity index (χ2n) is 18.0. The predicted molar refractivity (Wildman–Crippen MR) is 242 cm³/mol. The molecule has 0 aromatic rings. The van der Waals surface area contributed by atoms with E-state index in [1.807, 2.05) is 24.3 Å². The van der Waals surface area contributed by atoms with Crippen molar-refractivity contribution in [2.75, 3.05) is 27.8 Å². The van der Waals surface area contributed by atoms with Crippen LogP contribution in [0.25, 0.3) is 0 Å². The Hall–Kier alpha value is -2.55. The quantitative estimate of drug-likeness (QED) is 0.0758. The van der Waals surface area contributed by atoms with Crippen molar-refractivity contribution in [1.82, 2.24) is 4.90 Å². The molecular weight excluding hydrogens is 847 g/mol. The van der Waals surface area contributed by atoms with Crippen LogP contribution in [0.3, 0.4) is 0 Å². The van der Waals surface area contributed by atoms with E-state index in [0.717, 1.165) is 18.1 Å². The number of cyclic esters (lactones) is 1. The van der Waals surface area contributed by atoms with Crippen molar-refractivity contribution in [3.63, 3.8) is 0 Å². The van der Waals surface area contributed by atoms with E-state index in [1.165, 1.54) is 7.11 Å². The van der Waals surface area contributed by atoms with Crippen LogP contribution >= 0.6 is 0 Å². The van der Waals surface area contributed by atoms with Crippen LogP contribution in [0.2, 0.25) is 18.1 Å². The van der Waals surface area contributed by atoms with E-state index in [2.05, 4.69) is 27.7 Å². The highest BCUT2D eigenvalue weighted by Crippen LogP contribution is 2.38. The smallest absolute Gasteiger partial charge is 0.309 e. The van der Waals surface area contributed by atoms with Gasteiger partial charge < -0.3 is 62.5 Å². The van der Waals surface area contributed by atoms with Gasteiger partial charge in [0.25, 0.3) is 0 Å². The first-order valence-corrected chi connectivity index (χ1v) is 25.9. The molecule has 3 heterocycles. The van der Waals surface area contributed by atoms with E-state index >= 15 is 0 Å². The van der Waals surface area contributed by atoms with Gasteiger partial charge in [-0.3, -0.25) is 14.4 Å². The average Bonchev–Trinajstić information content (AvgIpc) is 3.23. The summed E-state index contributed by atoms with van der Waals surface area (Å²) in [6.45, 7) is 18.4. The normalized spacial score (nSPS) is 36.8. The molecule has 3 aliphatic rings. The molecule has 64 heavy (non-hydrogen) atoms. The predicted octanol–water partition coefficient (Wildman–Crippen LogP) is 5.51. The van der Waals surface area contributed by atoms with Crippen LogP contribution in [0.5, 0.6) is 0 Å². The minimum atomic E-state index is -2.14. The molecule has 0 radical (unpaired) electrons. The molecule has 0 aromatic heterocycles. The minimum Gasteiger partial charge on any atom is -0.462 e. The van der Waals surface area contributed by atoms with E-state index in [4.69, 9.17) is 42.3 Å². The van der Waals surface area contributed by atoms with E-state index in [-0.39, 0.29) is 44.3 Å². The monoisotopic (exact) mass is 928 g/mol. The van der Waals surface area contributed by atoms with E-state index in [0.29, 0.717) is 18.4 Å². The molecule has 2 saturated heterocycles. The zero-order chi connectivity index (χ0) is 47.9. The topological polar surface area (TPSA) is 198 Å². The third-order valence-electron chi connectivity index (χ3n) is 12.9. The number of allylic oxidation sites excluding steroid dienone is 2. The summed E-state index contributed by atoms with van der Waals surface area (Å²) in [7, 11) is 2.84. The maximum atomic E-state index is 13.5. The third-order valence-corrected chi connectivity index (χ3v) is 17.5. The molecule has 3 aliphatic heterocycles. The second kappa shape index (κ2) is 26.1. The number of rotatable bonds is 16. The Bertz CT molecular complexity index is 1540. The summed E-state index contributed by atoms with van der Waals surface area (Å²) in [6.07, 6.45) is -1.23. The lowest BCUT2D eigenvalue weighted by Gasteiger charge is -2.50. The summed E-state index contributed by atoms with van der Waals surface area (Å²) in [4.78, 5) is 40.6. The first kappa shape index (κ1) is 55.8. The number of aliphatic hydroxyl groups excluding tert-OH is 2. The highest BCUT2D eigenvalue weighted by molar-refractivity contribution is 6.73. The number of carbonyl (C=O) groups is 3. The van der Waals surface area contributed by atoms with Gasteiger partial charge in [-0.25, -0.2) is 0 Å². The van der Waals surface area contributed by atoms with Crippen molar-refractivity contribution >= 4 is 26.2 Å². The molecule has 0 aliphatic carbocycles. The molecule has 3 rings (SSSR count). The number of methoxy groups -OCH3 is 1. The van der Waals surface area contributed by atoms with Crippen LogP contribution in [0.4, 0.5) is 0 Å². The third kappa shape index (κ3) is 15.2. The first-order valence-electron chi connectivity index (χ1n) is 23.3. The Morgan fingerprint density at radius 3 is 2.12 bits per heavy atom. The number of esters is 3. The van der Waals surface area contributed by atoms with Gasteiger partial charge in [-0.1, -0.05) is 71.9 Å². The molecule has 368 valence electrons. The molecule has 15 atom stereocenters. The average molecular weight is 928 g/mol. The van der Waals surface area contributed by atoms with Crippen LogP contribution in [-0.4, -0.2) is 160 Å². The van der Waals surface area contributed by atoms with Crippen LogP contribution in [0, 0.1) is 5.92 Å². The zero-order valence-electron chi connectivity index (χ0n) is 40.7. The van der Waals surface area contributed by atoms with E-state index in [1.54, 1.807) is 66.6 Å². The highest BCUT2D eigenvalue weighted by Gasteiger charge is 2.52. The standard InChI is InChI=1S/C47H81NO15Si/c1-14-36(50)59-35-27-38(52)56-30(7)22-20-19-21-23-34(63-64(16-3,17-4)18-5)29(6)26-33(24-25-49)43(44(35)55-13)62-46-41(53)40(48(11)12)42(31(8)58-46)61-39-28-47(10,54)45(32(9)57-39)60-37(51)15-2/h19-21,23-24,29-32,34-35,39-46,49,53-54H,14-18,22,25-28H2,1-13H3/t29-,30-,31?,32?,34+,35-,39?,40?,41?,42?,43+,44+,45?,46?,47?/m1/s1. The number of likely N-dealkylation sites (N-methyl/N-ethyl adjacent to an activating group) is 1. The largest absolute Gasteiger partial charge is 0.462 e. The molecule has 0 aromatic carbocycles. The fourth-order valence-electron chi connectivity index (χ4n) is 8.96. The fourth-order valence-corrected chi connectivity index (χ4v) is 11.8. The van der Waals surface area contributed by atoms with Crippen molar-refractivity contribution in [2.45, 2.75) is 211 Å². The summed E-state index contributed by atoms with van der Waals surface area (Å²) < 4.78 is 56.6. The summed E-state index contributed by atoms with van der Waals surface area (Å²) >= 11 is 0. The van der Waals surface area contributed by atoms with Crippen LogP contribution < -0.4 is 0 Å². The number of hydrogen-bond acceptors (Lipinski definition) is 16. The van der Waals surface area contributed by atoms with Crippen molar-refractivity contribution in [2.24, 2.45) is 5.92 Å². The number of carbonyl (C=O) groups excluding carboxylic acids is 3. The fraction of sp³-hybridized carbons (Fsp3) is 0.809. The zero-order valence-corrected chi connectivity index (χ0v) is 41.7. The number of ether oxygens (including phenoxy) is 8. The number of aliphatic hydroxyl groups is 3. The lowest BCUT2D eigenvalue weighted by molar-refractivity contribution is -0.340. The van der Waals surface area contributed by atoms with Crippen molar-refractivity contribution in [3.05, 3.63) is 36.0 Å². The van der Waals surface area contributed by atoms with Gasteiger partial charge in [0.2, 0.25) is 0 Å². The summed E-state index contributed by atoms with van der Waals surface area (Å²) in [5.74, 6) is -1.83. The van der Waals surface area contributed by atoms with Crippen molar-refractivity contribution in [3.8, 4) is 0 Å². The Balaban J connectivity index is 2.12. The van der Waals surface area contributed by atoms with Gasteiger partial charge in [-0.15, -0.1) is 0 Å². The molecular formula is C47H81NO15Si. The molecule has 9 unspecified atom stereocenters. The Kier molecular flexibility index (Phi) is 22.8. The van der Waals surface area contributed by atoms with E-state index in [9.17, 15) is 29.7 Å². The summed E-state index contributed by atoms with van der Waals surface area (Å²) in [5.41, 5.74) is -0.933. The van der Waals surface area contributed by atoms with Crippen LogP contribution in [-0.2, 0) is 56.7 Å². The van der Waals surface area contributed by atoms with Crippen LogP contribution in [0.1, 0.15) is 108 Å². The molecule has 2 fully saturated rings. The van der Waals surface area contributed by atoms with Gasteiger partial charge in [0.15, 0.2) is 27.0 Å². The number of nitrogens with zero attached hydrogens (tertiary/aromatic N) is 1. The molecule has 0 saturated carbocycles. The lowest BCUT2D eigenvalue weighted by Crippen LogP contribution is -2.65. The Morgan fingerprint density at radius 2 is 1.56 bits per heavy atom. The van der Waals surface area contributed by atoms with Crippen molar-refractivity contribution < 1.29 is 72.0 Å². The van der Waals surface area contributed by atoms with Crippen molar-refractivity contribution in [1.29, 1.82) is 0 Å². The van der Waals surface area contributed by atoms with E-state index < -0.39 is 105 Å². The molecule has 3 N–H and O–H groups in total. The molecule has 17 heteroatoms. The SMILES string of the molecule is CCC(=O)OC1C(C)OC(OC2C(C)OC(O[C@H]3C(=CCO)C[C@@H](C)[C@@H](O[Si](CC)(CC)CC)C=CC=CC[C@@H](C)OC(=O)C[C@@H](OC(=O)CC)[C@@H]3OC)C(O)C2N(C)C)CC1(C)O. The van der Waals surface area contributed by atoms with Gasteiger partial charge in [0, 0.05) is 32.8 Å². The van der Waals surface area contributed by atoms with Crippen LogP contribution in [0.15, 0.2) is 36.0 Å². The summed E-state index contributed by atoms with van der Waals surface area (Å²) in [6, 6.07) is 2.04. The molecule has 0 spiro atoms. The molecule has 0 bridgehead atoms. The molecule has 0 amide bonds. The number of hydrogen-bond donors (Lipinski definition) is 3. The second-order valence-corrected chi connectivity index (χ2v) is 22.7. The summed E-state index contributed by atoms with van der Waals surface area (Å²) in [5, 5.41) is 34.3. The Labute approximate surface area is 383 Å². The maximum absolute atomic E-state index is 13.5. The maximum Gasteiger partial charge on any atom is 0.309 e. The van der Waals surface area contributed by atoms with Gasteiger partial charge in [0.1, 0.15) is 42.2 Å². The van der Waals surface area contributed by atoms with Gasteiger partial charge in [-0.2, -0.15) is 0 Å². The van der Waals surface area contributed by atoms with Gasteiger partial charge >= 0.3 is 17.9 Å². The highest BCUT2D eigenvalue weighted by atomic mass is 28.4. The minimum absolute atomic E-state index is 0.0195. The molecule has 16 nitrogen and oxygen atoms in total. The first-order chi connectivity index (χ1) is 30.2. The lowest BCUT2D eigenvalue weighted by atomic mass is 9.88. The van der Waals surface area contributed by atoms with Gasteiger partial charge in [-0.05, 0) is 77.8 Å². The Morgan fingerprint density at radius 1 is 0.922 bits per heavy atom.